The summed E-state index contributed by atoms with van der Waals surface area (Å²) in [4.78, 5) is 22.3. The molecule has 2 atom stereocenters. The number of ether oxygens (including phenoxy) is 1. The average Bonchev–Trinajstić information content (AvgIpc) is 2.84. The Kier molecular flexibility index (Phi) is 25.6. The quantitative estimate of drug-likeness (QED) is 0.0842. The molecule has 0 heterocycles. The van der Waals surface area contributed by atoms with Gasteiger partial charge in [0.25, 0.3) is 0 Å². The molecule has 0 amide bonds. The second-order valence-corrected chi connectivity index (χ2v) is 11.4. The lowest BCUT2D eigenvalue weighted by atomic mass is 9.95. The SMILES string of the molecule is COC(=O)CCCCCCCCCCCCCCCCCC(C)CCCCCCCC(C)C(C)=O. The zero-order valence-electron chi connectivity index (χ0n) is 24.4. The van der Waals surface area contributed by atoms with Crippen LogP contribution in [0.3, 0.4) is 0 Å². The maximum Gasteiger partial charge on any atom is 0.305 e. The zero-order valence-corrected chi connectivity index (χ0v) is 24.4. The number of hydrogen-bond donors (Lipinski definition) is 0. The summed E-state index contributed by atoms with van der Waals surface area (Å²) >= 11 is 0. The minimum atomic E-state index is -0.0679. The Bertz CT molecular complexity index is 473. The van der Waals surface area contributed by atoms with Crippen LogP contribution in [0.25, 0.3) is 0 Å². The maximum atomic E-state index is 11.3. The predicted octanol–water partition coefficient (Wildman–Crippen LogP) is 10.4. The third kappa shape index (κ3) is 26.0. The summed E-state index contributed by atoms with van der Waals surface area (Å²) in [6, 6.07) is 0. The largest absolute Gasteiger partial charge is 0.469 e. The molecule has 208 valence electrons. The molecule has 0 radical (unpaired) electrons. The van der Waals surface area contributed by atoms with Crippen molar-refractivity contribution in [1.29, 1.82) is 0 Å². The van der Waals surface area contributed by atoms with Crippen molar-refractivity contribution in [3.8, 4) is 0 Å². The molecule has 0 aromatic rings. The molecule has 2 unspecified atom stereocenters. The third-order valence-electron chi connectivity index (χ3n) is 7.83. The lowest BCUT2D eigenvalue weighted by Gasteiger charge is -2.11. The Morgan fingerprint density at radius 3 is 1.17 bits per heavy atom. The van der Waals surface area contributed by atoms with Crippen molar-refractivity contribution in [2.24, 2.45) is 11.8 Å². The molecule has 0 aromatic heterocycles. The van der Waals surface area contributed by atoms with E-state index in [9.17, 15) is 9.59 Å². The molecule has 0 aromatic carbocycles. The molecule has 0 aliphatic carbocycles. The summed E-state index contributed by atoms with van der Waals surface area (Å²) < 4.78 is 4.67. The van der Waals surface area contributed by atoms with E-state index in [0.29, 0.717) is 12.2 Å². The van der Waals surface area contributed by atoms with Crippen LogP contribution in [0.1, 0.15) is 175 Å². The van der Waals surface area contributed by atoms with Crippen molar-refractivity contribution >= 4 is 11.8 Å². The molecule has 0 aliphatic rings. The Labute approximate surface area is 219 Å². The first-order chi connectivity index (χ1) is 17.0. The van der Waals surface area contributed by atoms with Crippen molar-refractivity contribution in [2.75, 3.05) is 7.11 Å². The number of methoxy groups -OCH3 is 1. The smallest absolute Gasteiger partial charge is 0.305 e. The fraction of sp³-hybridized carbons (Fsp3) is 0.938. The van der Waals surface area contributed by atoms with Gasteiger partial charge in [-0.1, -0.05) is 149 Å². The number of rotatable bonds is 27. The van der Waals surface area contributed by atoms with Crippen molar-refractivity contribution in [2.45, 2.75) is 175 Å². The van der Waals surface area contributed by atoms with Crippen LogP contribution < -0.4 is 0 Å². The Balaban J connectivity index is 3.20. The maximum absolute atomic E-state index is 11.3. The second-order valence-electron chi connectivity index (χ2n) is 11.4. The molecule has 0 bridgehead atoms. The van der Waals surface area contributed by atoms with E-state index < -0.39 is 0 Å². The van der Waals surface area contributed by atoms with E-state index in [2.05, 4.69) is 18.6 Å². The standard InChI is InChI=1S/C32H62O3/c1-29(26-22-18-16-19-23-27-30(2)31(3)33)25-21-17-14-12-10-8-6-5-7-9-11-13-15-20-24-28-32(34)35-4/h29-30H,5-28H2,1-4H3. The Morgan fingerprint density at radius 1 is 0.514 bits per heavy atom. The molecule has 35 heavy (non-hydrogen) atoms. The van der Waals surface area contributed by atoms with Crippen molar-refractivity contribution < 1.29 is 14.3 Å². The van der Waals surface area contributed by atoms with Crippen LogP contribution >= 0.6 is 0 Å². The van der Waals surface area contributed by atoms with E-state index in [1.807, 2.05) is 0 Å². The van der Waals surface area contributed by atoms with Gasteiger partial charge in [-0.2, -0.15) is 0 Å². The summed E-state index contributed by atoms with van der Waals surface area (Å²) in [6.45, 7) is 6.23. The molecular weight excluding hydrogens is 432 g/mol. The Morgan fingerprint density at radius 2 is 0.829 bits per heavy atom. The first-order valence-electron chi connectivity index (χ1n) is 15.5. The first kappa shape index (κ1) is 34.1. The summed E-state index contributed by atoms with van der Waals surface area (Å²) in [5, 5.41) is 0. The molecule has 0 spiro atoms. The molecular formula is C32H62O3. The normalized spacial score (nSPS) is 13.0. The summed E-state index contributed by atoms with van der Waals surface area (Å²) in [5.41, 5.74) is 0. The van der Waals surface area contributed by atoms with Crippen molar-refractivity contribution in [3.63, 3.8) is 0 Å². The average molecular weight is 495 g/mol. The fourth-order valence-corrected chi connectivity index (χ4v) is 4.98. The number of carbonyl (C=O) groups is 2. The molecule has 0 fully saturated rings. The third-order valence-corrected chi connectivity index (χ3v) is 7.83. The molecule has 3 heteroatoms. The van der Waals surface area contributed by atoms with Gasteiger partial charge in [0, 0.05) is 12.3 Å². The number of carbonyl (C=O) groups excluding carboxylic acids is 2. The second kappa shape index (κ2) is 26.2. The van der Waals surface area contributed by atoms with E-state index in [1.54, 1.807) is 6.92 Å². The van der Waals surface area contributed by atoms with Gasteiger partial charge >= 0.3 is 5.97 Å². The van der Waals surface area contributed by atoms with Gasteiger partial charge in [-0.05, 0) is 25.7 Å². The number of hydrogen-bond acceptors (Lipinski definition) is 3. The minimum Gasteiger partial charge on any atom is -0.469 e. The number of unbranched alkanes of at least 4 members (excludes halogenated alkanes) is 18. The van der Waals surface area contributed by atoms with Gasteiger partial charge in [-0.15, -0.1) is 0 Å². The minimum absolute atomic E-state index is 0.0679. The van der Waals surface area contributed by atoms with Gasteiger partial charge < -0.3 is 4.74 Å². The molecule has 0 rings (SSSR count). The van der Waals surface area contributed by atoms with Gasteiger partial charge in [-0.25, -0.2) is 0 Å². The van der Waals surface area contributed by atoms with Gasteiger partial charge in [0.1, 0.15) is 5.78 Å². The van der Waals surface area contributed by atoms with Gasteiger partial charge in [0.15, 0.2) is 0 Å². The van der Waals surface area contributed by atoms with Crippen LogP contribution in [-0.4, -0.2) is 18.9 Å². The van der Waals surface area contributed by atoms with E-state index in [1.165, 1.54) is 136 Å². The van der Waals surface area contributed by atoms with E-state index in [-0.39, 0.29) is 11.9 Å². The van der Waals surface area contributed by atoms with Gasteiger partial charge in [0.2, 0.25) is 0 Å². The fourth-order valence-electron chi connectivity index (χ4n) is 4.98. The lowest BCUT2D eigenvalue weighted by molar-refractivity contribution is -0.140. The van der Waals surface area contributed by atoms with Gasteiger partial charge in [-0.3, -0.25) is 9.59 Å². The van der Waals surface area contributed by atoms with E-state index in [4.69, 9.17) is 0 Å². The van der Waals surface area contributed by atoms with E-state index >= 15 is 0 Å². The number of esters is 1. The van der Waals surface area contributed by atoms with Crippen LogP contribution in [0.5, 0.6) is 0 Å². The van der Waals surface area contributed by atoms with E-state index in [0.717, 1.165) is 25.2 Å². The molecule has 0 aliphatic heterocycles. The summed E-state index contributed by atoms with van der Waals surface area (Å²) in [6.07, 6.45) is 31.4. The topological polar surface area (TPSA) is 43.4 Å². The van der Waals surface area contributed by atoms with Gasteiger partial charge in [0.05, 0.1) is 7.11 Å². The molecule has 0 saturated heterocycles. The number of Topliss-reactive ketones (excluding diaryl/α,β-unsaturated/α-hetero) is 1. The highest BCUT2D eigenvalue weighted by Gasteiger charge is 2.06. The van der Waals surface area contributed by atoms with Crippen LogP contribution in [0.4, 0.5) is 0 Å². The number of ketones is 1. The highest BCUT2D eigenvalue weighted by atomic mass is 16.5. The highest BCUT2D eigenvalue weighted by Crippen LogP contribution is 2.19. The van der Waals surface area contributed by atoms with Crippen LogP contribution in [0, 0.1) is 11.8 Å². The lowest BCUT2D eigenvalue weighted by Crippen LogP contribution is -2.05. The van der Waals surface area contributed by atoms with Crippen LogP contribution in [0.2, 0.25) is 0 Å². The van der Waals surface area contributed by atoms with Crippen LogP contribution in [0.15, 0.2) is 0 Å². The predicted molar refractivity (Wildman–Crippen MR) is 152 cm³/mol. The first-order valence-corrected chi connectivity index (χ1v) is 15.5. The summed E-state index contributed by atoms with van der Waals surface area (Å²) in [5.74, 6) is 1.44. The zero-order chi connectivity index (χ0) is 26.0. The molecule has 3 nitrogen and oxygen atoms in total. The van der Waals surface area contributed by atoms with Crippen LogP contribution in [-0.2, 0) is 14.3 Å². The van der Waals surface area contributed by atoms with Crippen molar-refractivity contribution in [3.05, 3.63) is 0 Å². The summed E-state index contributed by atoms with van der Waals surface area (Å²) in [7, 11) is 1.47. The Hall–Kier alpha value is -0.860. The molecule has 0 saturated carbocycles. The van der Waals surface area contributed by atoms with Crippen molar-refractivity contribution in [1.82, 2.24) is 0 Å². The highest BCUT2D eigenvalue weighted by molar-refractivity contribution is 5.77. The molecule has 0 N–H and O–H groups in total. The monoisotopic (exact) mass is 494 g/mol.